The summed E-state index contributed by atoms with van der Waals surface area (Å²) in [5, 5.41) is 0. The second-order valence-electron chi connectivity index (χ2n) is 5.83. The van der Waals surface area contributed by atoms with Crippen molar-refractivity contribution < 1.29 is 28.2 Å². The van der Waals surface area contributed by atoms with E-state index >= 15 is 0 Å². The van der Waals surface area contributed by atoms with E-state index in [1.807, 2.05) is 0 Å². The highest BCUT2D eigenvalue weighted by atomic mass is 17.0. The van der Waals surface area contributed by atoms with Crippen molar-refractivity contribution in [3.8, 4) is 0 Å². The van der Waals surface area contributed by atoms with E-state index in [9.17, 15) is 9.59 Å². The molecule has 0 saturated heterocycles. The van der Waals surface area contributed by atoms with E-state index in [4.69, 9.17) is 9.47 Å². The number of ether oxygens (including phenoxy) is 2. The van der Waals surface area contributed by atoms with Gasteiger partial charge in [0.1, 0.15) is 11.2 Å². The second kappa shape index (κ2) is 4.51. The molecule has 0 spiro atoms. The number of hydrogen-bond donors (Lipinski definition) is 0. The van der Waals surface area contributed by atoms with Gasteiger partial charge in [-0.1, -0.05) is 0 Å². The Morgan fingerprint density at radius 3 is 1.22 bits per heavy atom. The van der Waals surface area contributed by atoms with Gasteiger partial charge in [0, 0.05) is 0 Å². The van der Waals surface area contributed by atoms with Gasteiger partial charge in [-0.15, -0.1) is 0 Å². The van der Waals surface area contributed by atoms with Crippen LogP contribution in [0, 0.1) is 0 Å². The summed E-state index contributed by atoms with van der Waals surface area (Å²) in [7, 11) is 0. The predicted octanol–water partition coefficient (Wildman–Crippen LogP) is 2.78. The lowest BCUT2D eigenvalue weighted by Crippen LogP contribution is -2.29. The first-order valence-corrected chi connectivity index (χ1v) is 5.55. The number of carbonyl (C=O) groups is 2. The monoisotopic (exact) mass is 258 g/mol. The smallest absolute Gasteiger partial charge is 0.384 e. The minimum atomic E-state index is -0.755. The fraction of sp³-hybridized carbons (Fsp3) is 0.667. The second-order valence-corrected chi connectivity index (χ2v) is 5.83. The number of esters is 2. The van der Waals surface area contributed by atoms with E-state index < -0.39 is 23.1 Å². The van der Waals surface area contributed by atoms with Crippen molar-refractivity contribution in [2.24, 2.45) is 0 Å². The van der Waals surface area contributed by atoms with Crippen molar-refractivity contribution in [1.82, 2.24) is 0 Å². The maximum atomic E-state index is 11.6. The van der Waals surface area contributed by atoms with Crippen LogP contribution in [0.25, 0.3) is 0 Å². The summed E-state index contributed by atoms with van der Waals surface area (Å²) >= 11 is 0. The molecular weight excluding hydrogens is 240 g/mol. The maximum Gasteiger partial charge on any atom is 0.384 e. The lowest BCUT2D eigenvalue weighted by Gasteiger charge is -2.21. The molecule has 0 bridgehead atoms. The van der Waals surface area contributed by atoms with E-state index in [2.05, 4.69) is 9.15 Å². The number of hydrogen-bond acceptors (Lipinski definition) is 6. The van der Waals surface area contributed by atoms with E-state index in [1.54, 1.807) is 41.5 Å². The average Bonchev–Trinajstić information content (AvgIpc) is 1.91. The molecule has 0 atom stereocenters. The first kappa shape index (κ1) is 14.3. The van der Waals surface area contributed by atoms with Gasteiger partial charge in [-0.2, -0.15) is 0 Å². The number of carbonyl (C=O) groups excluding carboxylic acids is 2. The van der Waals surface area contributed by atoms with Crippen molar-refractivity contribution in [3.63, 3.8) is 0 Å². The summed E-state index contributed by atoms with van der Waals surface area (Å²) in [4.78, 5) is 23.3. The van der Waals surface area contributed by atoms with Gasteiger partial charge in [0.15, 0.2) is 0 Å². The van der Waals surface area contributed by atoms with E-state index in [0.717, 1.165) is 0 Å². The Morgan fingerprint density at radius 1 is 0.778 bits per heavy atom. The van der Waals surface area contributed by atoms with Gasteiger partial charge in [0.25, 0.3) is 0 Å². The highest BCUT2D eigenvalue weighted by molar-refractivity contribution is 5.99. The van der Waals surface area contributed by atoms with Gasteiger partial charge in [-0.05, 0) is 41.5 Å². The van der Waals surface area contributed by atoms with Gasteiger partial charge < -0.3 is 9.47 Å². The first-order valence-electron chi connectivity index (χ1n) is 5.55. The summed E-state index contributed by atoms with van der Waals surface area (Å²) in [5.74, 6) is -2.04. The van der Waals surface area contributed by atoms with E-state index in [0.29, 0.717) is 0 Å². The Labute approximate surface area is 105 Å². The predicted molar refractivity (Wildman–Crippen MR) is 61.3 cm³/mol. The molecule has 0 radical (unpaired) electrons. The fourth-order valence-electron chi connectivity index (χ4n) is 1.03. The third-order valence-corrected chi connectivity index (χ3v) is 1.58. The molecule has 1 aromatic rings. The summed E-state index contributed by atoms with van der Waals surface area (Å²) in [6, 6.07) is 0. The highest BCUT2D eigenvalue weighted by Gasteiger charge is 2.35. The lowest BCUT2D eigenvalue weighted by atomic mass is 10.2. The molecule has 0 aromatic carbocycles. The van der Waals surface area contributed by atoms with Crippen LogP contribution in [-0.4, -0.2) is 23.1 Å². The molecule has 0 aliphatic rings. The molecule has 0 saturated carbocycles. The quantitative estimate of drug-likeness (QED) is 0.599. The molecule has 0 N–H and O–H groups in total. The zero-order chi connectivity index (χ0) is 14.1. The molecule has 0 fully saturated rings. The van der Waals surface area contributed by atoms with Crippen LogP contribution in [0.15, 0.2) is 9.15 Å². The van der Waals surface area contributed by atoms with Gasteiger partial charge in [-0.25, -0.2) is 9.59 Å². The standard InChI is InChI=1S/C12H18O6/c1-11(2,3)15-9(13)7-8(18-17-7)10(14)16-12(4,5)6/h1-6H3. The molecule has 6 heteroatoms. The first-order chi connectivity index (χ1) is 7.99. The lowest BCUT2D eigenvalue weighted by molar-refractivity contribution is -0.0612. The van der Waals surface area contributed by atoms with Gasteiger partial charge >= 0.3 is 23.5 Å². The van der Waals surface area contributed by atoms with Crippen LogP contribution in [0.4, 0.5) is 0 Å². The molecule has 0 aliphatic heterocycles. The Morgan fingerprint density at radius 2 is 1.06 bits per heavy atom. The van der Waals surface area contributed by atoms with Crippen molar-refractivity contribution in [2.75, 3.05) is 0 Å². The molecule has 18 heavy (non-hydrogen) atoms. The van der Waals surface area contributed by atoms with Gasteiger partial charge in [0.05, 0.1) is 0 Å². The van der Waals surface area contributed by atoms with E-state index in [1.165, 1.54) is 0 Å². The minimum Gasteiger partial charge on any atom is -0.454 e. The normalized spacial score (nSPS) is 12.3. The SMILES string of the molecule is CC(C)(C)OC(=O)c1ooc1C(=O)OC(C)(C)C. The Balaban J connectivity index is 2.74. The maximum absolute atomic E-state index is 11.6. The fourth-order valence-corrected chi connectivity index (χ4v) is 1.03. The molecule has 6 nitrogen and oxygen atoms in total. The van der Waals surface area contributed by atoms with Gasteiger partial charge in [0.2, 0.25) is 0 Å². The molecule has 0 aliphatic carbocycles. The van der Waals surface area contributed by atoms with E-state index in [-0.39, 0.29) is 11.5 Å². The topological polar surface area (TPSA) is 78.9 Å². The molecule has 1 aromatic heterocycles. The average molecular weight is 258 g/mol. The Kier molecular flexibility index (Phi) is 3.59. The molecule has 1 rings (SSSR count). The van der Waals surface area contributed by atoms with Crippen molar-refractivity contribution in [2.45, 2.75) is 52.7 Å². The Bertz CT molecular complexity index is 396. The largest absolute Gasteiger partial charge is 0.454 e. The van der Waals surface area contributed by atoms with Crippen molar-refractivity contribution >= 4 is 11.9 Å². The van der Waals surface area contributed by atoms with Crippen molar-refractivity contribution in [1.29, 1.82) is 0 Å². The van der Waals surface area contributed by atoms with Crippen LogP contribution in [0.1, 0.15) is 62.7 Å². The van der Waals surface area contributed by atoms with Crippen LogP contribution in [0.3, 0.4) is 0 Å². The van der Waals surface area contributed by atoms with Crippen LogP contribution in [0.5, 0.6) is 0 Å². The highest BCUT2D eigenvalue weighted by Crippen LogP contribution is 2.21. The molecule has 0 unspecified atom stereocenters. The molecular formula is C12H18O6. The van der Waals surface area contributed by atoms with Gasteiger partial charge in [-0.3, -0.25) is 9.15 Å². The third-order valence-electron chi connectivity index (χ3n) is 1.58. The van der Waals surface area contributed by atoms with Crippen LogP contribution >= 0.6 is 0 Å². The summed E-state index contributed by atoms with van der Waals surface area (Å²) < 4.78 is 19.1. The van der Waals surface area contributed by atoms with Crippen LogP contribution < -0.4 is 0 Å². The molecule has 102 valence electrons. The minimum absolute atomic E-state index is 0.265. The van der Waals surface area contributed by atoms with Crippen LogP contribution in [-0.2, 0) is 9.47 Å². The molecule has 0 amide bonds. The summed E-state index contributed by atoms with van der Waals surface area (Å²) in [6.07, 6.45) is 0. The summed E-state index contributed by atoms with van der Waals surface area (Å²) in [6.45, 7) is 10.2. The molecule has 1 heterocycles. The van der Waals surface area contributed by atoms with Crippen LogP contribution in [0.2, 0.25) is 0 Å². The van der Waals surface area contributed by atoms with Crippen molar-refractivity contribution in [3.05, 3.63) is 11.5 Å². The Hall–Kier alpha value is -1.72. The summed E-state index contributed by atoms with van der Waals surface area (Å²) in [5.41, 5.74) is -1.36. The third kappa shape index (κ3) is 3.94. The zero-order valence-corrected chi connectivity index (χ0v) is 11.4. The number of rotatable bonds is 2. The zero-order valence-electron chi connectivity index (χ0n) is 11.4.